The predicted molar refractivity (Wildman–Crippen MR) is 82.9 cm³/mol. The number of esters is 1. The second-order valence-corrected chi connectivity index (χ2v) is 6.58. The third-order valence-corrected chi connectivity index (χ3v) is 3.66. The van der Waals surface area contributed by atoms with Crippen LogP contribution < -0.4 is 0 Å². The first-order valence-electron chi connectivity index (χ1n) is 7.66. The van der Waals surface area contributed by atoms with Crippen LogP contribution in [0.15, 0.2) is 12.4 Å². The molecule has 1 aliphatic rings. The average molecular weight is 321 g/mol. The second-order valence-electron chi connectivity index (χ2n) is 6.58. The SMILES string of the molecule is CCOC(=O)c1cc(C2(N(C)C(=O)OC(C)(C)C)CC2)ncn1. The van der Waals surface area contributed by atoms with Crippen LogP contribution in [0.25, 0.3) is 0 Å². The number of ether oxygens (including phenoxy) is 2. The molecule has 23 heavy (non-hydrogen) atoms. The number of hydrogen-bond acceptors (Lipinski definition) is 6. The maximum Gasteiger partial charge on any atom is 0.410 e. The van der Waals surface area contributed by atoms with E-state index in [1.165, 1.54) is 6.33 Å². The topological polar surface area (TPSA) is 81.6 Å². The zero-order valence-electron chi connectivity index (χ0n) is 14.3. The summed E-state index contributed by atoms with van der Waals surface area (Å²) in [5.41, 5.74) is -0.278. The Labute approximate surface area is 136 Å². The van der Waals surface area contributed by atoms with Gasteiger partial charge >= 0.3 is 12.1 Å². The van der Waals surface area contributed by atoms with E-state index >= 15 is 0 Å². The van der Waals surface area contributed by atoms with Crippen LogP contribution in [0.5, 0.6) is 0 Å². The smallest absolute Gasteiger partial charge is 0.410 e. The van der Waals surface area contributed by atoms with Gasteiger partial charge in [-0.25, -0.2) is 19.6 Å². The molecule has 126 valence electrons. The quantitative estimate of drug-likeness (QED) is 0.793. The molecule has 1 aliphatic carbocycles. The van der Waals surface area contributed by atoms with Crippen molar-refractivity contribution < 1.29 is 19.1 Å². The van der Waals surface area contributed by atoms with Gasteiger partial charge in [0.05, 0.1) is 17.8 Å². The molecule has 2 rings (SSSR count). The van der Waals surface area contributed by atoms with Crippen molar-refractivity contribution >= 4 is 12.1 Å². The Balaban J connectivity index is 2.22. The highest BCUT2D eigenvalue weighted by atomic mass is 16.6. The van der Waals surface area contributed by atoms with Gasteiger partial charge in [0.1, 0.15) is 11.9 Å². The van der Waals surface area contributed by atoms with Crippen molar-refractivity contribution in [3.8, 4) is 0 Å². The molecule has 1 amide bonds. The Kier molecular flexibility index (Phi) is 4.58. The molecule has 1 aromatic rings. The van der Waals surface area contributed by atoms with Crippen LogP contribution in [-0.4, -0.2) is 46.2 Å². The molecule has 0 radical (unpaired) electrons. The van der Waals surface area contributed by atoms with Crippen molar-refractivity contribution in [2.45, 2.75) is 51.7 Å². The normalized spacial score (nSPS) is 15.7. The first-order chi connectivity index (χ1) is 10.7. The monoisotopic (exact) mass is 321 g/mol. The molecule has 0 N–H and O–H groups in total. The predicted octanol–water partition coefficient (Wildman–Crippen LogP) is 2.51. The molecule has 1 fully saturated rings. The van der Waals surface area contributed by atoms with E-state index < -0.39 is 23.2 Å². The lowest BCUT2D eigenvalue weighted by Gasteiger charge is -2.30. The Bertz CT molecular complexity index is 606. The number of aromatic nitrogens is 2. The van der Waals surface area contributed by atoms with E-state index in [-0.39, 0.29) is 12.3 Å². The molecule has 0 spiro atoms. The number of amides is 1. The van der Waals surface area contributed by atoms with E-state index in [0.717, 1.165) is 12.8 Å². The lowest BCUT2D eigenvalue weighted by molar-refractivity contribution is 0.0185. The fourth-order valence-corrected chi connectivity index (χ4v) is 2.32. The second kappa shape index (κ2) is 6.14. The fraction of sp³-hybridized carbons (Fsp3) is 0.625. The standard InChI is InChI=1S/C16H23N3O4/c1-6-22-13(20)11-9-12(18-10-17-11)16(7-8-16)19(5)14(21)23-15(2,3)4/h9-10H,6-8H2,1-5H3. The highest BCUT2D eigenvalue weighted by Crippen LogP contribution is 2.50. The number of rotatable bonds is 4. The van der Waals surface area contributed by atoms with Crippen molar-refractivity contribution in [1.82, 2.24) is 14.9 Å². The molecule has 7 nitrogen and oxygen atoms in total. The lowest BCUT2D eigenvalue weighted by Crippen LogP contribution is -2.41. The van der Waals surface area contributed by atoms with Crippen LogP contribution in [0.4, 0.5) is 4.79 Å². The molecule has 0 aromatic carbocycles. The van der Waals surface area contributed by atoms with Crippen LogP contribution in [0.2, 0.25) is 0 Å². The molecular weight excluding hydrogens is 298 g/mol. The molecule has 1 aromatic heterocycles. The molecule has 0 atom stereocenters. The van der Waals surface area contributed by atoms with Gasteiger partial charge in [0.25, 0.3) is 0 Å². The largest absolute Gasteiger partial charge is 0.461 e. The Hall–Kier alpha value is -2.18. The molecule has 0 saturated heterocycles. The van der Waals surface area contributed by atoms with E-state index in [0.29, 0.717) is 5.69 Å². The Morgan fingerprint density at radius 1 is 1.30 bits per heavy atom. The fourth-order valence-electron chi connectivity index (χ4n) is 2.32. The van der Waals surface area contributed by atoms with E-state index in [9.17, 15) is 9.59 Å². The first-order valence-corrected chi connectivity index (χ1v) is 7.66. The van der Waals surface area contributed by atoms with Gasteiger partial charge in [0.15, 0.2) is 5.69 Å². The minimum absolute atomic E-state index is 0.195. The van der Waals surface area contributed by atoms with Gasteiger partial charge in [-0.2, -0.15) is 0 Å². The number of hydrogen-bond donors (Lipinski definition) is 0. The van der Waals surface area contributed by atoms with Gasteiger partial charge in [-0.05, 0) is 46.6 Å². The van der Waals surface area contributed by atoms with E-state index in [1.807, 2.05) is 20.8 Å². The van der Waals surface area contributed by atoms with Gasteiger partial charge < -0.3 is 9.47 Å². The third kappa shape index (κ3) is 3.78. The summed E-state index contributed by atoms with van der Waals surface area (Å²) in [5.74, 6) is -0.494. The molecule has 0 bridgehead atoms. The van der Waals surface area contributed by atoms with Crippen molar-refractivity contribution in [3.63, 3.8) is 0 Å². The zero-order valence-corrected chi connectivity index (χ0v) is 14.3. The van der Waals surface area contributed by atoms with Gasteiger partial charge in [-0.1, -0.05) is 0 Å². The van der Waals surface area contributed by atoms with E-state index in [1.54, 1.807) is 24.9 Å². The van der Waals surface area contributed by atoms with Crippen molar-refractivity contribution in [2.75, 3.05) is 13.7 Å². The van der Waals surface area contributed by atoms with Crippen LogP contribution in [-0.2, 0) is 15.0 Å². The highest BCUT2D eigenvalue weighted by molar-refractivity contribution is 5.87. The van der Waals surface area contributed by atoms with Crippen molar-refractivity contribution in [3.05, 3.63) is 23.8 Å². The van der Waals surface area contributed by atoms with Crippen LogP contribution >= 0.6 is 0 Å². The molecular formula is C16H23N3O4. The first kappa shape index (κ1) is 17.2. The Morgan fingerprint density at radius 3 is 2.48 bits per heavy atom. The van der Waals surface area contributed by atoms with Gasteiger partial charge in [-0.3, -0.25) is 4.90 Å². The summed E-state index contributed by atoms with van der Waals surface area (Å²) in [7, 11) is 1.69. The highest BCUT2D eigenvalue weighted by Gasteiger charge is 2.52. The summed E-state index contributed by atoms with van der Waals surface area (Å²) in [6.07, 6.45) is 2.44. The van der Waals surface area contributed by atoms with Crippen LogP contribution in [0.3, 0.4) is 0 Å². The molecule has 0 unspecified atom stereocenters. The lowest BCUT2D eigenvalue weighted by atomic mass is 10.1. The molecule has 0 aliphatic heterocycles. The van der Waals surface area contributed by atoms with Crippen LogP contribution in [0, 0.1) is 0 Å². The molecule has 1 heterocycles. The number of carbonyl (C=O) groups excluding carboxylic acids is 2. The third-order valence-electron chi connectivity index (χ3n) is 3.66. The van der Waals surface area contributed by atoms with Crippen molar-refractivity contribution in [1.29, 1.82) is 0 Å². The van der Waals surface area contributed by atoms with Gasteiger partial charge in [0, 0.05) is 7.05 Å². The minimum atomic E-state index is -0.566. The maximum atomic E-state index is 12.3. The summed E-state index contributed by atoms with van der Waals surface area (Å²) in [5, 5.41) is 0. The summed E-state index contributed by atoms with van der Waals surface area (Å²) < 4.78 is 10.4. The molecule has 7 heteroatoms. The summed E-state index contributed by atoms with van der Waals surface area (Å²) in [4.78, 5) is 33.9. The van der Waals surface area contributed by atoms with E-state index in [2.05, 4.69) is 9.97 Å². The van der Waals surface area contributed by atoms with Crippen molar-refractivity contribution in [2.24, 2.45) is 0 Å². The summed E-state index contributed by atoms with van der Waals surface area (Å²) >= 11 is 0. The minimum Gasteiger partial charge on any atom is -0.461 e. The number of nitrogens with zero attached hydrogens (tertiary/aromatic N) is 3. The zero-order chi connectivity index (χ0) is 17.3. The summed E-state index contributed by atoms with van der Waals surface area (Å²) in [6, 6.07) is 1.59. The summed E-state index contributed by atoms with van der Waals surface area (Å²) in [6.45, 7) is 7.48. The van der Waals surface area contributed by atoms with Gasteiger partial charge in [-0.15, -0.1) is 0 Å². The van der Waals surface area contributed by atoms with Crippen LogP contribution in [0.1, 0.15) is 56.7 Å². The average Bonchev–Trinajstić information content (AvgIpc) is 3.27. The van der Waals surface area contributed by atoms with Gasteiger partial charge in [0.2, 0.25) is 0 Å². The molecule has 1 saturated carbocycles. The number of carbonyl (C=O) groups is 2. The Morgan fingerprint density at radius 2 is 1.96 bits per heavy atom. The maximum absolute atomic E-state index is 12.3. The van der Waals surface area contributed by atoms with E-state index in [4.69, 9.17) is 9.47 Å².